The molecular formula is C12H13F2N3O2S. The van der Waals surface area contributed by atoms with E-state index in [1.807, 2.05) is 0 Å². The smallest absolute Gasteiger partial charge is 0.201 e. The highest BCUT2D eigenvalue weighted by molar-refractivity contribution is 7.91. The molecule has 1 aromatic carbocycles. The summed E-state index contributed by atoms with van der Waals surface area (Å²) < 4.78 is 51.7. The zero-order valence-corrected chi connectivity index (χ0v) is 11.3. The van der Waals surface area contributed by atoms with Crippen LogP contribution in [0.5, 0.6) is 0 Å². The van der Waals surface area contributed by atoms with Crippen LogP contribution >= 0.6 is 0 Å². The number of imidazole rings is 1. The number of aromatic nitrogens is 2. The lowest BCUT2D eigenvalue weighted by molar-refractivity contribution is 0.453. The van der Waals surface area contributed by atoms with Crippen molar-refractivity contribution in [2.45, 2.75) is 18.9 Å². The average molecular weight is 301 g/mol. The van der Waals surface area contributed by atoms with Crippen LogP contribution in [0.15, 0.2) is 12.1 Å². The first-order valence-electron chi connectivity index (χ1n) is 6.21. The molecule has 108 valence electrons. The molecule has 0 saturated carbocycles. The Morgan fingerprint density at radius 1 is 1.25 bits per heavy atom. The second-order valence-electron chi connectivity index (χ2n) is 4.95. The number of nitrogens with two attached hydrogens (primary N) is 1. The van der Waals surface area contributed by atoms with Gasteiger partial charge < -0.3 is 10.3 Å². The summed E-state index contributed by atoms with van der Waals surface area (Å²) in [6.07, 6.45) is 0.655. The zero-order chi connectivity index (χ0) is 14.5. The summed E-state index contributed by atoms with van der Waals surface area (Å²) in [6, 6.07) is 2.08. The van der Waals surface area contributed by atoms with E-state index in [9.17, 15) is 17.2 Å². The van der Waals surface area contributed by atoms with Crippen LogP contribution in [-0.2, 0) is 9.84 Å². The van der Waals surface area contributed by atoms with Crippen LogP contribution in [0.25, 0.3) is 11.0 Å². The number of halogens is 2. The molecule has 1 aromatic heterocycles. The second-order valence-corrected chi connectivity index (χ2v) is 7.26. The molecule has 2 heterocycles. The van der Waals surface area contributed by atoms with E-state index in [-0.39, 0.29) is 34.5 Å². The van der Waals surface area contributed by atoms with Gasteiger partial charge in [0, 0.05) is 6.04 Å². The van der Waals surface area contributed by atoms with Crippen molar-refractivity contribution in [3.8, 4) is 0 Å². The van der Waals surface area contributed by atoms with E-state index < -0.39 is 21.5 Å². The summed E-state index contributed by atoms with van der Waals surface area (Å²) in [5.41, 5.74) is 6.06. The first-order chi connectivity index (χ1) is 9.39. The van der Waals surface area contributed by atoms with Crippen molar-refractivity contribution in [1.82, 2.24) is 9.55 Å². The number of nitrogens with zero attached hydrogens (tertiary/aromatic N) is 2. The van der Waals surface area contributed by atoms with Crippen molar-refractivity contribution < 1.29 is 17.2 Å². The molecular weight excluding hydrogens is 288 g/mol. The van der Waals surface area contributed by atoms with Crippen molar-refractivity contribution >= 4 is 26.8 Å². The first kappa shape index (κ1) is 13.3. The second kappa shape index (κ2) is 4.41. The van der Waals surface area contributed by atoms with Gasteiger partial charge in [-0.05, 0) is 25.0 Å². The van der Waals surface area contributed by atoms with E-state index in [0.717, 1.165) is 6.07 Å². The number of hydrogen-bond acceptors (Lipinski definition) is 4. The Kier molecular flexibility index (Phi) is 2.93. The fourth-order valence-corrected chi connectivity index (χ4v) is 4.11. The minimum Gasteiger partial charge on any atom is -0.369 e. The number of sulfone groups is 1. The first-order valence-corrected chi connectivity index (χ1v) is 8.03. The molecule has 8 heteroatoms. The minimum atomic E-state index is -3.03. The summed E-state index contributed by atoms with van der Waals surface area (Å²) in [7, 11) is -3.03. The fraction of sp³-hybridized carbons (Fsp3) is 0.417. The van der Waals surface area contributed by atoms with Crippen LogP contribution in [0.1, 0.15) is 18.9 Å². The van der Waals surface area contributed by atoms with Crippen LogP contribution in [0.4, 0.5) is 14.7 Å². The molecule has 0 radical (unpaired) electrons. The number of nitrogen functional groups attached to an aromatic ring is 1. The highest BCUT2D eigenvalue weighted by Crippen LogP contribution is 2.32. The Morgan fingerprint density at radius 2 is 1.90 bits per heavy atom. The predicted octanol–water partition coefficient (Wildman–Crippen LogP) is 1.65. The van der Waals surface area contributed by atoms with Crippen molar-refractivity contribution in [2.75, 3.05) is 17.2 Å². The number of fused-ring (bicyclic) bond motifs is 1. The standard InChI is InChI=1S/C12H13F2N3O2S/c13-8-1-2-9-11(10(8)14)17(12(15)16-9)7-3-5-20(18,19)6-4-7/h1-2,7H,3-6H2,(H2,15,16). The lowest BCUT2D eigenvalue weighted by Gasteiger charge is -2.24. The van der Waals surface area contributed by atoms with Crippen LogP contribution in [0, 0.1) is 11.6 Å². The summed E-state index contributed by atoms with van der Waals surface area (Å²) in [5, 5.41) is 0. The minimum absolute atomic E-state index is 0.00629. The molecule has 1 aliphatic heterocycles. The Balaban J connectivity index is 2.12. The van der Waals surface area contributed by atoms with Gasteiger partial charge in [-0.1, -0.05) is 0 Å². The SMILES string of the molecule is Nc1nc2ccc(F)c(F)c2n1C1CCS(=O)(=O)CC1. The molecule has 3 rings (SSSR count). The third-order valence-electron chi connectivity index (χ3n) is 3.66. The zero-order valence-electron chi connectivity index (χ0n) is 10.5. The maximum atomic E-state index is 14.0. The number of hydrogen-bond donors (Lipinski definition) is 1. The van der Waals surface area contributed by atoms with Crippen LogP contribution in [0.2, 0.25) is 0 Å². The van der Waals surface area contributed by atoms with Crippen molar-refractivity contribution in [3.63, 3.8) is 0 Å². The number of anilines is 1. The Hall–Kier alpha value is -1.70. The van der Waals surface area contributed by atoms with Gasteiger partial charge in [0.1, 0.15) is 15.4 Å². The van der Waals surface area contributed by atoms with Crippen molar-refractivity contribution in [3.05, 3.63) is 23.8 Å². The quantitative estimate of drug-likeness (QED) is 0.868. The molecule has 0 atom stereocenters. The highest BCUT2D eigenvalue weighted by atomic mass is 32.2. The summed E-state index contributed by atoms with van der Waals surface area (Å²) >= 11 is 0. The molecule has 0 aliphatic carbocycles. The maximum Gasteiger partial charge on any atom is 0.201 e. The van der Waals surface area contributed by atoms with Gasteiger partial charge in [0.15, 0.2) is 11.6 Å². The molecule has 2 aromatic rings. The summed E-state index contributed by atoms with van der Waals surface area (Å²) in [6.45, 7) is 0. The van der Waals surface area contributed by atoms with Crippen molar-refractivity contribution in [2.24, 2.45) is 0 Å². The van der Waals surface area contributed by atoms with E-state index in [0.29, 0.717) is 12.8 Å². The largest absolute Gasteiger partial charge is 0.369 e. The molecule has 2 N–H and O–H groups in total. The topological polar surface area (TPSA) is 78.0 Å². The Labute approximate surface area is 114 Å². The Morgan fingerprint density at radius 3 is 2.55 bits per heavy atom. The van der Waals surface area contributed by atoms with Gasteiger partial charge in [0.25, 0.3) is 0 Å². The van der Waals surface area contributed by atoms with Gasteiger partial charge in [-0.2, -0.15) is 0 Å². The predicted molar refractivity (Wildman–Crippen MR) is 71.0 cm³/mol. The maximum absolute atomic E-state index is 14.0. The van der Waals surface area contributed by atoms with Crippen LogP contribution < -0.4 is 5.73 Å². The van der Waals surface area contributed by atoms with Gasteiger partial charge >= 0.3 is 0 Å². The van der Waals surface area contributed by atoms with Crippen molar-refractivity contribution in [1.29, 1.82) is 0 Å². The molecule has 0 bridgehead atoms. The number of benzene rings is 1. The lowest BCUT2D eigenvalue weighted by Crippen LogP contribution is -2.26. The third-order valence-corrected chi connectivity index (χ3v) is 5.38. The van der Waals surface area contributed by atoms with Gasteiger partial charge in [-0.3, -0.25) is 0 Å². The summed E-state index contributed by atoms with van der Waals surface area (Å²) in [4.78, 5) is 4.01. The number of rotatable bonds is 1. The molecule has 5 nitrogen and oxygen atoms in total. The molecule has 1 saturated heterocycles. The van der Waals surface area contributed by atoms with E-state index in [2.05, 4.69) is 4.98 Å². The van der Waals surface area contributed by atoms with E-state index in [1.165, 1.54) is 10.6 Å². The molecule has 0 spiro atoms. The van der Waals surface area contributed by atoms with Gasteiger partial charge in [0.05, 0.1) is 17.0 Å². The van der Waals surface area contributed by atoms with Crippen LogP contribution in [-0.4, -0.2) is 29.5 Å². The molecule has 20 heavy (non-hydrogen) atoms. The molecule has 0 unspecified atom stereocenters. The van der Waals surface area contributed by atoms with Crippen LogP contribution in [0.3, 0.4) is 0 Å². The Bertz CT molecular complexity index is 772. The fourth-order valence-electron chi connectivity index (χ4n) is 2.65. The average Bonchev–Trinajstić information content (AvgIpc) is 2.72. The van der Waals surface area contributed by atoms with Gasteiger partial charge in [-0.25, -0.2) is 22.2 Å². The van der Waals surface area contributed by atoms with E-state index in [4.69, 9.17) is 5.73 Å². The van der Waals surface area contributed by atoms with Gasteiger partial charge in [0.2, 0.25) is 5.95 Å². The van der Waals surface area contributed by atoms with E-state index in [1.54, 1.807) is 0 Å². The molecule has 1 fully saturated rings. The monoisotopic (exact) mass is 301 g/mol. The van der Waals surface area contributed by atoms with Gasteiger partial charge in [-0.15, -0.1) is 0 Å². The van der Waals surface area contributed by atoms with E-state index >= 15 is 0 Å². The summed E-state index contributed by atoms with van der Waals surface area (Å²) in [5.74, 6) is -1.85. The normalized spacial score (nSPS) is 19.5. The lowest BCUT2D eigenvalue weighted by atomic mass is 10.1. The molecule has 1 aliphatic rings. The highest BCUT2D eigenvalue weighted by Gasteiger charge is 2.28. The third kappa shape index (κ3) is 2.04. The molecule has 0 amide bonds.